The fourth-order valence-electron chi connectivity index (χ4n) is 6.52. The molecule has 0 heterocycles. The monoisotopic (exact) mass is 716 g/mol. The second kappa shape index (κ2) is 13.4. The average Bonchev–Trinajstić information content (AvgIpc) is 3.59. The van der Waals surface area contributed by atoms with Crippen molar-refractivity contribution in [2.24, 2.45) is 0 Å². The first-order chi connectivity index (χ1) is 19.9. The molecule has 226 valence electrons. The van der Waals surface area contributed by atoms with E-state index in [0.29, 0.717) is 0 Å². The third kappa shape index (κ3) is 6.73. The molecule has 0 nitrogen and oxygen atoms in total. The number of hydrogen-bond acceptors (Lipinski definition) is 0. The molecule has 4 heteroatoms. The van der Waals surface area contributed by atoms with Gasteiger partial charge in [-0.05, 0) is 0 Å². The molecule has 0 aromatic heterocycles. The summed E-state index contributed by atoms with van der Waals surface area (Å²) in [5.74, 6) is 0. The van der Waals surface area contributed by atoms with Crippen LogP contribution in [-0.4, -0.2) is 3.21 Å². The Morgan fingerprint density at radius 3 is 1.91 bits per heavy atom. The SMILES string of the molecule is Cc1ccc(/[C](c2ccc(Cl)cc2)=[Zr+2](\[C]2=CC=CC2)[c]2c(C(C)(C)C)ccc3c2Cc2cc(C(C)(C)C)ccc2-3)cc1.[Cl-].[Cl-]. The molecule has 44 heavy (non-hydrogen) atoms. The standard InChI is InChI=1S/C21H25.C14H11Cl.C5H5.2ClH.Zr/c1-20(2,3)16-7-9-18-14(12-16)11-15-13-17(21(4,5)6)8-10-19(15)18;1-11-2-4-12(5-3-11)10-13-6-8-14(15)9-7-13;1-2-4-5-3-1;;;/h7-10,12H,11H2,1-6H3;2-9H,1H3;1-3H,4H2;2*1H;/q;;;;;+2/p-2. The van der Waals surface area contributed by atoms with Crippen LogP contribution in [0.4, 0.5) is 0 Å². The molecule has 0 spiro atoms. The Morgan fingerprint density at radius 1 is 0.727 bits per heavy atom. The van der Waals surface area contributed by atoms with Crippen molar-refractivity contribution in [1.29, 1.82) is 0 Å². The molecule has 4 aromatic rings. The molecule has 0 saturated heterocycles. The maximum absolute atomic E-state index is 6.45. The van der Waals surface area contributed by atoms with Crippen LogP contribution in [0.3, 0.4) is 0 Å². The molecule has 0 N–H and O–H groups in total. The van der Waals surface area contributed by atoms with Crippen molar-refractivity contribution in [3.8, 4) is 11.1 Å². The van der Waals surface area contributed by atoms with E-state index < -0.39 is 21.3 Å². The first-order valence-corrected chi connectivity index (χ1v) is 19.2. The third-order valence-corrected chi connectivity index (χ3v) is 16.8. The molecule has 0 bridgehead atoms. The Labute approximate surface area is 289 Å². The van der Waals surface area contributed by atoms with Gasteiger partial charge in [-0.3, -0.25) is 0 Å². The molecule has 6 rings (SSSR count). The fraction of sp³-hybridized carbons (Fsp3) is 0.275. The van der Waals surface area contributed by atoms with Gasteiger partial charge in [0.25, 0.3) is 0 Å². The number of allylic oxidation sites excluding steroid dienone is 4. The number of halogens is 3. The van der Waals surface area contributed by atoms with Crippen molar-refractivity contribution in [1.82, 2.24) is 0 Å². The van der Waals surface area contributed by atoms with Crippen LogP contribution in [0.5, 0.6) is 0 Å². The van der Waals surface area contributed by atoms with Crippen LogP contribution >= 0.6 is 11.6 Å². The topological polar surface area (TPSA) is 0 Å². The molecule has 4 aromatic carbocycles. The summed E-state index contributed by atoms with van der Waals surface area (Å²) in [6.07, 6.45) is 9.15. The first kappa shape index (κ1) is 34.8. The van der Waals surface area contributed by atoms with Gasteiger partial charge >= 0.3 is 267 Å². The summed E-state index contributed by atoms with van der Waals surface area (Å²) < 4.78 is 4.87. The van der Waals surface area contributed by atoms with Crippen molar-refractivity contribution in [2.75, 3.05) is 0 Å². The largest absolute Gasteiger partial charge is 1.00 e. The summed E-state index contributed by atoms with van der Waals surface area (Å²) in [4.78, 5) is 0. The summed E-state index contributed by atoms with van der Waals surface area (Å²) in [5, 5.41) is 0.787. The third-order valence-electron chi connectivity index (χ3n) is 8.82. The average molecular weight is 719 g/mol. The van der Waals surface area contributed by atoms with Crippen LogP contribution < -0.4 is 28.1 Å². The van der Waals surface area contributed by atoms with Crippen molar-refractivity contribution in [3.63, 3.8) is 0 Å². The Bertz CT molecular complexity index is 1730. The molecule has 0 amide bonds. The normalized spacial score (nSPS) is 13.8. The van der Waals surface area contributed by atoms with Gasteiger partial charge in [0.05, 0.1) is 0 Å². The van der Waals surface area contributed by atoms with E-state index in [4.69, 9.17) is 11.6 Å². The van der Waals surface area contributed by atoms with Crippen molar-refractivity contribution < 1.29 is 46.1 Å². The molecule has 0 atom stereocenters. The van der Waals surface area contributed by atoms with Crippen LogP contribution in [0.2, 0.25) is 5.02 Å². The number of aryl methyl sites for hydroxylation is 1. The number of benzene rings is 4. The number of rotatable bonds is 4. The van der Waals surface area contributed by atoms with E-state index in [1.165, 1.54) is 44.5 Å². The zero-order valence-corrected chi connectivity index (χ0v) is 31.5. The number of fused-ring (bicyclic) bond motifs is 3. The van der Waals surface area contributed by atoms with Crippen LogP contribution in [0.25, 0.3) is 11.1 Å². The quantitative estimate of drug-likeness (QED) is 0.262. The molecule has 2 aliphatic rings. The minimum atomic E-state index is -2.79. The summed E-state index contributed by atoms with van der Waals surface area (Å²) in [7, 11) is 0. The van der Waals surface area contributed by atoms with Gasteiger partial charge in [-0.15, -0.1) is 0 Å². The van der Waals surface area contributed by atoms with E-state index >= 15 is 0 Å². The van der Waals surface area contributed by atoms with Crippen LogP contribution in [0, 0.1) is 6.92 Å². The van der Waals surface area contributed by atoms with Crippen LogP contribution in [0.15, 0.2) is 100 Å². The molecule has 0 unspecified atom stereocenters. The predicted octanol–water partition coefficient (Wildman–Crippen LogP) is 4.18. The molecule has 0 radical (unpaired) electrons. The Hall–Kier alpha value is -2.02. The van der Waals surface area contributed by atoms with E-state index in [0.717, 1.165) is 17.9 Å². The van der Waals surface area contributed by atoms with E-state index in [2.05, 4.69) is 146 Å². The Kier molecular flexibility index (Phi) is 10.6. The second-order valence-corrected chi connectivity index (χ2v) is 20.3. The predicted molar refractivity (Wildman–Crippen MR) is 179 cm³/mol. The molecular weight excluding hydrogens is 678 g/mol. The van der Waals surface area contributed by atoms with Crippen molar-refractivity contribution >= 4 is 18.1 Å². The fourth-order valence-corrected chi connectivity index (χ4v) is 15.6. The van der Waals surface area contributed by atoms with E-state index in [1.807, 2.05) is 0 Å². The molecule has 2 aliphatic carbocycles. The summed E-state index contributed by atoms with van der Waals surface area (Å²) in [6, 6.07) is 30.0. The van der Waals surface area contributed by atoms with Gasteiger partial charge < -0.3 is 24.8 Å². The van der Waals surface area contributed by atoms with E-state index in [1.54, 1.807) is 15.3 Å². The van der Waals surface area contributed by atoms with Gasteiger partial charge in [0.15, 0.2) is 0 Å². The zero-order valence-electron chi connectivity index (χ0n) is 26.8. The zero-order chi connectivity index (χ0) is 29.8. The first-order valence-electron chi connectivity index (χ1n) is 15.2. The van der Waals surface area contributed by atoms with E-state index in [9.17, 15) is 0 Å². The Balaban J connectivity index is 0.00000221. The van der Waals surface area contributed by atoms with Gasteiger partial charge in [0.2, 0.25) is 0 Å². The molecule has 0 fully saturated rings. The van der Waals surface area contributed by atoms with Crippen molar-refractivity contribution in [3.05, 3.63) is 144 Å². The number of hydrogen-bond donors (Lipinski definition) is 0. The van der Waals surface area contributed by atoms with Gasteiger partial charge in [0.1, 0.15) is 0 Å². The second-order valence-electron chi connectivity index (χ2n) is 14.0. The minimum Gasteiger partial charge on any atom is -1.00 e. The van der Waals surface area contributed by atoms with Crippen molar-refractivity contribution in [2.45, 2.75) is 72.1 Å². The molecule has 0 saturated carbocycles. The smallest absolute Gasteiger partial charge is 1.00 e. The van der Waals surface area contributed by atoms with Gasteiger partial charge in [-0.25, -0.2) is 0 Å². The summed E-state index contributed by atoms with van der Waals surface area (Å²) in [5.41, 5.74) is 13.0. The molecule has 0 aliphatic heterocycles. The van der Waals surface area contributed by atoms with Gasteiger partial charge in [0, 0.05) is 0 Å². The van der Waals surface area contributed by atoms with Gasteiger partial charge in [-0.2, -0.15) is 0 Å². The summed E-state index contributed by atoms with van der Waals surface area (Å²) >= 11 is 3.67. The maximum atomic E-state index is 6.45. The molecular formula is C40H41Cl3Zr. The summed E-state index contributed by atoms with van der Waals surface area (Å²) in [6.45, 7) is 16.3. The maximum Gasteiger partial charge on any atom is -1.00 e. The van der Waals surface area contributed by atoms with Gasteiger partial charge in [-0.1, -0.05) is 0 Å². The van der Waals surface area contributed by atoms with Crippen LogP contribution in [0.1, 0.15) is 86.9 Å². The van der Waals surface area contributed by atoms with E-state index in [-0.39, 0.29) is 35.6 Å². The van der Waals surface area contributed by atoms with Crippen LogP contribution in [-0.2, 0) is 38.5 Å². The minimum absolute atomic E-state index is 0. The Morgan fingerprint density at radius 2 is 1.34 bits per heavy atom.